The fourth-order valence-corrected chi connectivity index (χ4v) is 2.78. The number of rotatable bonds is 4. The van der Waals surface area contributed by atoms with Crippen LogP contribution in [0.4, 0.5) is 4.79 Å². The normalized spacial score (nSPS) is 23.6. The van der Waals surface area contributed by atoms with E-state index in [-0.39, 0.29) is 12.6 Å². The zero-order valence-corrected chi connectivity index (χ0v) is 12.2. The molecule has 1 atom stereocenters. The van der Waals surface area contributed by atoms with E-state index >= 15 is 0 Å². The zero-order chi connectivity index (χ0) is 15.6. The molecule has 2 rings (SSSR count). The van der Waals surface area contributed by atoms with Crippen molar-refractivity contribution < 1.29 is 29.0 Å². The molecule has 2 aliphatic heterocycles. The Bertz CT molecular complexity index is 446. The van der Waals surface area contributed by atoms with E-state index in [1.807, 2.05) is 0 Å². The molecule has 0 aromatic heterocycles. The minimum atomic E-state index is -1.04. The van der Waals surface area contributed by atoms with Crippen LogP contribution in [0.2, 0.25) is 0 Å². The van der Waals surface area contributed by atoms with Gasteiger partial charge in [-0.1, -0.05) is 0 Å². The molecule has 2 aliphatic rings. The Morgan fingerprint density at radius 2 is 2.00 bits per heavy atom. The molecule has 8 heteroatoms. The van der Waals surface area contributed by atoms with E-state index < -0.39 is 23.6 Å². The van der Waals surface area contributed by atoms with Gasteiger partial charge < -0.3 is 24.4 Å². The number of amides is 2. The molecule has 1 unspecified atom stereocenters. The highest BCUT2D eigenvalue weighted by atomic mass is 16.5. The number of nitrogens with zero attached hydrogens (tertiary/aromatic N) is 2. The van der Waals surface area contributed by atoms with Crippen LogP contribution in [0.3, 0.4) is 0 Å². The Balaban J connectivity index is 1.88. The summed E-state index contributed by atoms with van der Waals surface area (Å²) in [6, 6.07) is -0.742. The standard InChI is InChI=1S/C13H20N2O6/c1-13(21-6-10(16)17)7-14(8-13)12(19)15-5-3-4-9(15)11(18)20-2/h9H,3-8H2,1-2H3,(H,16,17). The van der Waals surface area contributed by atoms with Crippen molar-refractivity contribution in [2.24, 2.45) is 0 Å². The molecule has 8 nitrogen and oxygen atoms in total. The number of aliphatic carboxylic acids is 1. The molecule has 2 heterocycles. The van der Waals surface area contributed by atoms with Gasteiger partial charge in [0.1, 0.15) is 18.2 Å². The van der Waals surface area contributed by atoms with E-state index in [0.29, 0.717) is 26.1 Å². The Kier molecular flexibility index (Phi) is 4.36. The van der Waals surface area contributed by atoms with Crippen LogP contribution < -0.4 is 0 Å². The quantitative estimate of drug-likeness (QED) is 0.729. The molecule has 0 bridgehead atoms. The minimum absolute atomic E-state index is 0.223. The van der Waals surface area contributed by atoms with Crippen LogP contribution in [0, 0.1) is 0 Å². The number of esters is 1. The molecule has 2 amide bonds. The van der Waals surface area contributed by atoms with Crippen LogP contribution in [0.15, 0.2) is 0 Å². The second kappa shape index (κ2) is 5.88. The summed E-state index contributed by atoms with van der Waals surface area (Å²) in [5.41, 5.74) is -0.630. The maximum Gasteiger partial charge on any atom is 0.329 e. The third-order valence-electron chi connectivity index (χ3n) is 3.84. The lowest BCUT2D eigenvalue weighted by molar-refractivity contribution is -0.161. The van der Waals surface area contributed by atoms with Gasteiger partial charge in [0.05, 0.1) is 20.2 Å². The minimum Gasteiger partial charge on any atom is -0.480 e. The molecule has 0 aromatic rings. The SMILES string of the molecule is COC(=O)C1CCCN1C(=O)N1CC(C)(OCC(=O)O)C1. The number of ether oxygens (including phenoxy) is 2. The van der Waals surface area contributed by atoms with Gasteiger partial charge in [0.15, 0.2) is 0 Å². The summed E-state index contributed by atoms with van der Waals surface area (Å²) in [4.78, 5) is 37.6. The first-order valence-electron chi connectivity index (χ1n) is 6.85. The molecule has 0 saturated carbocycles. The number of urea groups is 1. The van der Waals surface area contributed by atoms with Crippen molar-refractivity contribution in [2.75, 3.05) is 33.4 Å². The number of carbonyl (C=O) groups is 3. The molecule has 0 radical (unpaired) electrons. The van der Waals surface area contributed by atoms with Crippen LogP contribution >= 0.6 is 0 Å². The van der Waals surface area contributed by atoms with E-state index in [1.165, 1.54) is 12.0 Å². The number of carboxylic acids is 1. The molecular formula is C13H20N2O6. The Labute approximate surface area is 122 Å². The largest absolute Gasteiger partial charge is 0.480 e. The topological polar surface area (TPSA) is 96.4 Å². The zero-order valence-electron chi connectivity index (χ0n) is 12.2. The number of likely N-dealkylation sites (tertiary alicyclic amines) is 2. The number of methoxy groups -OCH3 is 1. The highest BCUT2D eigenvalue weighted by Gasteiger charge is 2.46. The monoisotopic (exact) mass is 300 g/mol. The molecule has 21 heavy (non-hydrogen) atoms. The molecule has 0 spiro atoms. The van der Waals surface area contributed by atoms with Crippen LogP contribution in [0.1, 0.15) is 19.8 Å². The lowest BCUT2D eigenvalue weighted by Crippen LogP contribution is -2.66. The summed E-state index contributed by atoms with van der Waals surface area (Å²) in [5, 5.41) is 8.60. The van der Waals surface area contributed by atoms with Gasteiger partial charge in [0, 0.05) is 6.54 Å². The van der Waals surface area contributed by atoms with Gasteiger partial charge >= 0.3 is 18.0 Å². The molecule has 0 aromatic carbocycles. The molecule has 1 N–H and O–H groups in total. The highest BCUT2D eigenvalue weighted by Crippen LogP contribution is 2.28. The fraction of sp³-hybridized carbons (Fsp3) is 0.769. The smallest absolute Gasteiger partial charge is 0.329 e. The van der Waals surface area contributed by atoms with Gasteiger partial charge in [-0.2, -0.15) is 0 Å². The van der Waals surface area contributed by atoms with E-state index in [9.17, 15) is 14.4 Å². The Morgan fingerprint density at radius 3 is 2.57 bits per heavy atom. The average molecular weight is 300 g/mol. The molecule has 2 fully saturated rings. The first-order valence-corrected chi connectivity index (χ1v) is 6.85. The number of hydrogen-bond acceptors (Lipinski definition) is 5. The van der Waals surface area contributed by atoms with Crippen LogP contribution in [-0.4, -0.2) is 77.9 Å². The Hall–Kier alpha value is -1.83. The Morgan fingerprint density at radius 1 is 1.33 bits per heavy atom. The lowest BCUT2D eigenvalue weighted by Gasteiger charge is -2.48. The predicted octanol–water partition coefficient (Wildman–Crippen LogP) is -0.0807. The van der Waals surface area contributed by atoms with E-state index in [4.69, 9.17) is 14.6 Å². The molecule has 2 saturated heterocycles. The fourth-order valence-electron chi connectivity index (χ4n) is 2.78. The van der Waals surface area contributed by atoms with E-state index in [1.54, 1.807) is 11.8 Å². The van der Waals surface area contributed by atoms with Gasteiger partial charge in [-0.25, -0.2) is 14.4 Å². The predicted molar refractivity (Wildman–Crippen MR) is 70.7 cm³/mol. The number of carbonyl (C=O) groups excluding carboxylic acids is 2. The summed E-state index contributed by atoms with van der Waals surface area (Å²) in [7, 11) is 1.31. The van der Waals surface area contributed by atoms with Crippen LogP contribution in [-0.2, 0) is 19.1 Å². The van der Waals surface area contributed by atoms with Crippen LogP contribution in [0.25, 0.3) is 0 Å². The maximum atomic E-state index is 12.4. The summed E-state index contributed by atoms with van der Waals surface area (Å²) in [5.74, 6) is -1.43. The first-order chi connectivity index (χ1) is 9.86. The van der Waals surface area contributed by atoms with E-state index in [0.717, 1.165) is 6.42 Å². The number of hydrogen-bond donors (Lipinski definition) is 1. The number of carboxylic acid groups (broad SMARTS) is 1. The van der Waals surface area contributed by atoms with Gasteiger partial charge in [-0.15, -0.1) is 0 Å². The van der Waals surface area contributed by atoms with Crippen molar-refractivity contribution in [1.29, 1.82) is 0 Å². The van der Waals surface area contributed by atoms with Gasteiger partial charge in [0.25, 0.3) is 0 Å². The summed E-state index contributed by atoms with van der Waals surface area (Å²) >= 11 is 0. The van der Waals surface area contributed by atoms with E-state index in [2.05, 4.69) is 0 Å². The third-order valence-corrected chi connectivity index (χ3v) is 3.84. The first kappa shape index (κ1) is 15.6. The van der Waals surface area contributed by atoms with Crippen molar-refractivity contribution in [3.05, 3.63) is 0 Å². The van der Waals surface area contributed by atoms with Crippen molar-refractivity contribution in [3.8, 4) is 0 Å². The second-order valence-corrected chi connectivity index (χ2v) is 5.65. The second-order valence-electron chi connectivity index (χ2n) is 5.65. The summed E-state index contributed by atoms with van der Waals surface area (Å²) < 4.78 is 9.97. The third kappa shape index (κ3) is 3.26. The van der Waals surface area contributed by atoms with Crippen LogP contribution in [0.5, 0.6) is 0 Å². The maximum absolute atomic E-state index is 12.4. The van der Waals surface area contributed by atoms with Crippen molar-refractivity contribution >= 4 is 18.0 Å². The lowest BCUT2D eigenvalue weighted by atomic mass is 9.97. The molecule has 118 valence electrons. The highest BCUT2D eigenvalue weighted by molar-refractivity contribution is 5.84. The summed E-state index contributed by atoms with van der Waals surface area (Å²) in [6.07, 6.45) is 1.38. The summed E-state index contributed by atoms with van der Waals surface area (Å²) in [6.45, 7) is 2.56. The average Bonchev–Trinajstić information content (AvgIpc) is 2.89. The molecular weight excluding hydrogens is 280 g/mol. The van der Waals surface area contributed by atoms with Crippen molar-refractivity contribution in [1.82, 2.24) is 9.80 Å². The van der Waals surface area contributed by atoms with Gasteiger partial charge in [-0.3, -0.25) is 0 Å². The van der Waals surface area contributed by atoms with Gasteiger partial charge in [0.2, 0.25) is 0 Å². The van der Waals surface area contributed by atoms with Crippen molar-refractivity contribution in [3.63, 3.8) is 0 Å². The van der Waals surface area contributed by atoms with Crippen molar-refractivity contribution in [2.45, 2.75) is 31.4 Å². The van der Waals surface area contributed by atoms with Gasteiger partial charge in [-0.05, 0) is 19.8 Å². The molecule has 0 aliphatic carbocycles.